The number of nitrogens with one attached hydrogen (secondary N) is 1. The molecule has 1 spiro atoms. The van der Waals surface area contributed by atoms with Gasteiger partial charge in [-0.3, -0.25) is 14.4 Å². The number of ether oxygens (including phenoxy) is 5. The lowest BCUT2D eigenvalue weighted by Gasteiger charge is -2.51. The minimum atomic E-state index is -1.47. The van der Waals surface area contributed by atoms with E-state index >= 15 is 0 Å². The van der Waals surface area contributed by atoms with Crippen LogP contribution in [0.1, 0.15) is 86.1 Å². The smallest absolute Gasteiger partial charge is 0.410 e. The van der Waals surface area contributed by atoms with Crippen LogP contribution >= 0.6 is 0 Å². The van der Waals surface area contributed by atoms with Gasteiger partial charge in [-0.05, 0) is 71.9 Å². The number of aliphatic hydroxyl groups excluding tert-OH is 1. The van der Waals surface area contributed by atoms with Crippen molar-refractivity contribution in [2.75, 3.05) is 20.7 Å². The second-order valence-corrected chi connectivity index (χ2v) is 15.6. The van der Waals surface area contributed by atoms with Crippen molar-refractivity contribution in [2.24, 2.45) is 23.7 Å². The van der Waals surface area contributed by atoms with Gasteiger partial charge in [0.25, 0.3) is 0 Å². The summed E-state index contributed by atoms with van der Waals surface area (Å²) in [6.07, 6.45) is -1.20. The fourth-order valence-electron chi connectivity index (χ4n) is 9.57. The molecule has 51 heavy (non-hydrogen) atoms. The highest BCUT2D eigenvalue weighted by atomic mass is 16.8. The number of hydrogen-bond donors (Lipinski definition) is 2. The Bertz CT molecular complexity index is 1440. The van der Waals surface area contributed by atoms with Crippen molar-refractivity contribution >= 4 is 23.6 Å². The summed E-state index contributed by atoms with van der Waals surface area (Å²) in [5.74, 6) is -4.85. The number of nitrogens with zero attached hydrogens (tertiary/aromatic N) is 1. The highest BCUT2D eigenvalue weighted by molar-refractivity contribution is 6.00. The van der Waals surface area contributed by atoms with Gasteiger partial charge in [0.2, 0.25) is 0 Å². The lowest BCUT2D eigenvalue weighted by molar-refractivity contribution is -0.227. The molecule has 2 unspecified atom stereocenters. The Balaban J connectivity index is 1.54. The molecule has 1 amide bonds. The molecule has 12 heteroatoms. The Hall–Kier alpha value is -2.90. The van der Waals surface area contributed by atoms with E-state index in [1.54, 1.807) is 25.8 Å². The predicted molar refractivity (Wildman–Crippen MR) is 188 cm³/mol. The average molecular weight is 715 g/mol. The van der Waals surface area contributed by atoms with Crippen LogP contribution in [0.15, 0.2) is 30.3 Å². The van der Waals surface area contributed by atoms with Gasteiger partial charge in [0.1, 0.15) is 29.5 Å². The van der Waals surface area contributed by atoms with Gasteiger partial charge in [-0.15, -0.1) is 0 Å². The summed E-state index contributed by atoms with van der Waals surface area (Å²) < 4.78 is 31.5. The molecule has 12 nitrogen and oxygen atoms in total. The topological polar surface area (TPSA) is 150 Å². The Morgan fingerprint density at radius 2 is 1.71 bits per heavy atom. The van der Waals surface area contributed by atoms with E-state index in [1.165, 1.54) is 19.6 Å². The summed E-state index contributed by atoms with van der Waals surface area (Å²) in [5, 5.41) is 14.2. The molecule has 1 aromatic rings. The normalized spacial score (nSPS) is 42.0. The SMILES string of the molecule is CCC1OC(=O)[C@H](C)C(=O)[C@H](C)[C@@]2(O[C@@H]3OC2C[C@H](NC)[C@H]3O)[C@](C)(OC)C[C@@H](C)C(=O)[C@H](C)[C@H]2N(CCCCc3ccccc3)C(=O)O[C@]12C. The highest BCUT2D eigenvalue weighted by Gasteiger charge is 2.69. The quantitative estimate of drug-likeness (QED) is 0.226. The van der Waals surface area contributed by atoms with Crippen LogP contribution in [-0.4, -0.2) is 108 Å². The number of esters is 1. The number of aliphatic hydroxyl groups is 1. The van der Waals surface area contributed by atoms with Crippen molar-refractivity contribution in [3.8, 4) is 0 Å². The van der Waals surface area contributed by atoms with Gasteiger partial charge < -0.3 is 39.0 Å². The van der Waals surface area contributed by atoms with E-state index in [9.17, 15) is 24.3 Å². The van der Waals surface area contributed by atoms with Gasteiger partial charge >= 0.3 is 12.1 Å². The first-order valence-electron chi connectivity index (χ1n) is 18.6. The average Bonchev–Trinajstić information content (AvgIpc) is 3.60. The third-order valence-corrected chi connectivity index (χ3v) is 12.5. The van der Waals surface area contributed by atoms with Crippen LogP contribution in [0.4, 0.5) is 4.79 Å². The maximum atomic E-state index is 14.7. The fourth-order valence-corrected chi connectivity index (χ4v) is 9.57. The summed E-state index contributed by atoms with van der Waals surface area (Å²) in [6.45, 7) is 12.6. The molecule has 4 saturated heterocycles. The van der Waals surface area contributed by atoms with Crippen LogP contribution in [0.25, 0.3) is 0 Å². The number of unbranched alkanes of at least 4 members (excludes halogenated alkanes) is 1. The maximum Gasteiger partial charge on any atom is 0.410 e. The number of carbonyl (C=O) groups excluding carboxylic acids is 4. The molecule has 0 radical (unpaired) electrons. The summed E-state index contributed by atoms with van der Waals surface area (Å²) in [7, 11) is 3.26. The van der Waals surface area contributed by atoms with Crippen LogP contribution in [0.5, 0.6) is 0 Å². The van der Waals surface area contributed by atoms with Crippen molar-refractivity contribution in [3.05, 3.63) is 35.9 Å². The lowest BCUT2D eigenvalue weighted by Crippen LogP contribution is -2.66. The van der Waals surface area contributed by atoms with E-state index in [0.717, 1.165) is 12.8 Å². The third kappa shape index (κ3) is 6.75. The molecule has 13 atom stereocenters. The molecule has 284 valence electrons. The molecule has 1 aromatic carbocycles. The summed E-state index contributed by atoms with van der Waals surface area (Å²) >= 11 is 0. The van der Waals surface area contributed by atoms with Crippen LogP contribution in [0.3, 0.4) is 0 Å². The summed E-state index contributed by atoms with van der Waals surface area (Å²) in [5.41, 5.74) is -2.92. The van der Waals surface area contributed by atoms with Crippen molar-refractivity contribution < 1.29 is 48.0 Å². The van der Waals surface area contributed by atoms with Gasteiger partial charge in [0.15, 0.2) is 17.7 Å². The first-order valence-corrected chi connectivity index (χ1v) is 18.6. The zero-order valence-electron chi connectivity index (χ0n) is 31.7. The lowest BCUT2D eigenvalue weighted by atomic mass is 9.64. The number of likely N-dealkylation sites (N-methyl/N-ethyl adjacent to an activating group) is 1. The van der Waals surface area contributed by atoms with E-state index in [0.29, 0.717) is 19.4 Å². The number of aryl methyl sites for hydroxylation is 1. The highest BCUT2D eigenvalue weighted by Crippen LogP contribution is 2.54. The van der Waals surface area contributed by atoms with Crippen LogP contribution in [0.2, 0.25) is 0 Å². The van der Waals surface area contributed by atoms with Crippen LogP contribution < -0.4 is 5.32 Å². The van der Waals surface area contributed by atoms with Gasteiger partial charge in [0, 0.05) is 31.5 Å². The first kappa shape index (κ1) is 39.3. The predicted octanol–water partition coefficient (Wildman–Crippen LogP) is 4.23. The molecule has 2 N–H and O–H groups in total. The number of amides is 1. The van der Waals surface area contributed by atoms with E-state index < -0.39 is 89.0 Å². The molecule has 0 aliphatic carbocycles. The monoisotopic (exact) mass is 714 g/mol. The number of carbonyl (C=O) groups is 4. The standard InChI is InChI=1S/C39H58N2O10/c1-10-28-38(7)33(41(36(46)51-38)19-15-14-18-26-16-12-11-13-17-26)23(3)30(42)22(2)21-37(6,47-9)39(25(5)31(43)24(4)34(45)48-28)29-20-27(40-8)32(44)35(49-29)50-39/h11-13,16-17,22-25,27-29,32-33,35,40,44H,10,14-15,18-21H2,1-9H3/t22-,23+,24-,25+,27+,28?,29?,32-,33-,35+,37-,38-,39+/m1/s1. The van der Waals surface area contributed by atoms with Gasteiger partial charge in [-0.1, -0.05) is 58.0 Å². The molecule has 4 fully saturated rings. The van der Waals surface area contributed by atoms with Crippen LogP contribution in [0, 0.1) is 23.7 Å². The minimum absolute atomic E-state index is 0.127. The Morgan fingerprint density at radius 1 is 1.02 bits per heavy atom. The van der Waals surface area contributed by atoms with E-state index in [1.807, 2.05) is 45.9 Å². The van der Waals surface area contributed by atoms with Crippen molar-refractivity contribution in [1.82, 2.24) is 10.2 Å². The Kier molecular flexibility index (Phi) is 11.7. The van der Waals surface area contributed by atoms with E-state index in [2.05, 4.69) is 17.4 Å². The summed E-state index contributed by atoms with van der Waals surface area (Å²) in [4.78, 5) is 58.4. The van der Waals surface area contributed by atoms with Gasteiger partial charge in [-0.25, -0.2) is 4.79 Å². The number of hydrogen-bond acceptors (Lipinski definition) is 11. The molecule has 0 aromatic heterocycles. The molecule has 0 saturated carbocycles. The van der Waals surface area contributed by atoms with E-state index in [4.69, 9.17) is 23.7 Å². The number of Topliss-reactive ketones (excluding diaryl/α,β-unsaturated/α-hetero) is 2. The Labute approximate surface area is 302 Å². The zero-order valence-corrected chi connectivity index (χ0v) is 31.7. The molecular formula is C39H58N2O10. The fraction of sp³-hybridized carbons (Fsp3) is 0.744. The number of cyclic esters (lactones) is 1. The van der Waals surface area contributed by atoms with Gasteiger partial charge in [-0.2, -0.15) is 0 Å². The number of rotatable bonds is 8. The second-order valence-electron chi connectivity index (χ2n) is 15.6. The maximum absolute atomic E-state index is 14.7. The van der Waals surface area contributed by atoms with Crippen molar-refractivity contribution in [3.63, 3.8) is 0 Å². The second kappa shape index (κ2) is 15.2. The molecular weight excluding hydrogens is 656 g/mol. The zero-order chi connectivity index (χ0) is 37.5. The molecule has 4 aliphatic heterocycles. The molecule has 2 bridgehead atoms. The molecule has 4 aliphatic rings. The number of benzene rings is 1. The molecule has 5 rings (SSSR count). The van der Waals surface area contributed by atoms with E-state index in [-0.39, 0.29) is 24.7 Å². The number of ketones is 2. The number of methoxy groups -OCH3 is 1. The van der Waals surface area contributed by atoms with Gasteiger partial charge in [0.05, 0.1) is 23.7 Å². The number of fused-ring (bicyclic) bond motifs is 4. The summed E-state index contributed by atoms with van der Waals surface area (Å²) in [6, 6.07) is 8.99. The minimum Gasteiger partial charge on any atom is -0.458 e. The largest absolute Gasteiger partial charge is 0.458 e. The third-order valence-electron chi connectivity index (χ3n) is 12.5. The Morgan fingerprint density at radius 3 is 2.33 bits per heavy atom. The first-order chi connectivity index (χ1) is 24.1. The molecule has 4 heterocycles. The van der Waals surface area contributed by atoms with Crippen molar-refractivity contribution in [2.45, 2.75) is 140 Å². The van der Waals surface area contributed by atoms with Crippen LogP contribution in [-0.2, 0) is 44.5 Å². The van der Waals surface area contributed by atoms with Crippen molar-refractivity contribution in [1.29, 1.82) is 0 Å².